The molecule has 0 saturated heterocycles. The van der Waals surface area contributed by atoms with Gasteiger partial charge in [0.2, 0.25) is 0 Å². The topological polar surface area (TPSA) is 55.8 Å². The van der Waals surface area contributed by atoms with Gasteiger partial charge in [0.1, 0.15) is 0 Å². The normalized spacial score (nSPS) is 14.6. The van der Waals surface area contributed by atoms with Gasteiger partial charge in [0.05, 0.1) is 18.1 Å². The molecule has 0 aliphatic rings. The molecule has 0 saturated carbocycles. The zero-order valence-corrected chi connectivity index (χ0v) is 21.7. The summed E-state index contributed by atoms with van der Waals surface area (Å²) in [5.74, 6) is -0.413. The maximum Gasteiger partial charge on any atom is 0.311 e. The predicted molar refractivity (Wildman–Crippen MR) is 134 cm³/mol. The van der Waals surface area contributed by atoms with E-state index >= 15 is 0 Å². The number of carbonyl (C=O) groups is 1. The van der Waals surface area contributed by atoms with E-state index in [9.17, 15) is 9.90 Å². The molecule has 0 bridgehead atoms. The van der Waals surface area contributed by atoms with Crippen LogP contribution in [0.4, 0.5) is 0 Å². The second-order valence-electron chi connectivity index (χ2n) is 10.7. The Labute approximate surface area is 195 Å². The van der Waals surface area contributed by atoms with Gasteiger partial charge in [-0.3, -0.25) is 4.79 Å². The highest BCUT2D eigenvalue weighted by molar-refractivity contribution is 6.99. The van der Waals surface area contributed by atoms with Crippen molar-refractivity contribution in [3.8, 4) is 0 Å². The highest BCUT2D eigenvalue weighted by Crippen LogP contribution is 2.36. The van der Waals surface area contributed by atoms with E-state index in [-0.39, 0.29) is 23.5 Å². The molecule has 0 aliphatic carbocycles. The van der Waals surface area contributed by atoms with Crippen LogP contribution in [0.25, 0.3) is 0 Å². The number of benzene rings is 2. The third-order valence-corrected chi connectivity index (χ3v) is 10.9. The number of hydrogen-bond donors (Lipinski definition) is 1. The lowest BCUT2D eigenvalue weighted by Crippen LogP contribution is -2.66. The Bertz CT molecular complexity index is 798. The Balaban J connectivity index is 2.17. The molecule has 0 radical (unpaired) electrons. The van der Waals surface area contributed by atoms with E-state index in [4.69, 9.17) is 9.16 Å². The van der Waals surface area contributed by atoms with Crippen LogP contribution < -0.4 is 10.4 Å². The van der Waals surface area contributed by atoms with E-state index in [0.717, 1.165) is 0 Å². The van der Waals surface area contributed by atoms with Crippen LogP contribution in [0, 0.1) is 11.3 Å². The highest BCUT2D eigenvalue weighted by Gasteiger charge is 2.50. The minimum Gasteiger partial charge on any atom is -0.465 e. The maximum absolute atomic E-state index is 12.0. The zero-order valence-electron chi connectivity index (χ0n) is 20.7. The van der Waals surface area contributed by atoms with Gasteiger partial charge in [-0.2, -0.15) is 0 Å². The summed E-state index contributed by atoms with van der Waals surface area (Å²) in [4.78, 5) is 12.0. The van der Waals surface area contributed by atoms with Gasteiger partial charge in [-0.15, -0.1) is 0 Å². The van der Waals surface area contributed by atoms with Crippen molar-refractivity contribution in [3.05, 3.63) is 60.7 Å². The minimum atomic E-state index is -2.61. The summed E-state index contributed by atoms with van der Waals surface area (Å²) in [7, 11) is -2.61. The summed E-state index contributed by atoms with van der Waals surface area (Å²) in [6.45, 7) is 14.8. The molecule has 2 aromatic carbocycles. The van der Waals surface area contributed by atoms with Crippen LogP contribution >= 0.6 is 0 Å². The fourth-order valence-corrected chi connectivity index (χ4v) is 8.49. The Hall–Kier alpha value is -1.95. The summed E-state index contributed by atoms with van der Waals surface area (Å²) in [5.41, 5.74) is -0.545. The van der Waals surface area contributed by atoms with Gasteiger partial charge < -0.3 is 14.3 Å². The van der Waals surface area contributed by atoms with Crippen molar-refractivity contribution in [3.63, 3.8) is 0 Å². The molecule has 0 aromatic heterocycles. The SMILES string of the molecule is C[C@H](COC(=O)C(C)(C)C)[C@@H](O)CCO[Si](c1ccccc1)(c1ccccc1)C(C)(C)C. The minimum absolute atomic E-state index is 0.103. The lowest BCUT2D eigenvalue weighted by Gasteiger charge is -2.43. The van der Waals surface area contributed by atoms with Crippen LogP contribution in [0.1, 0.15) is 54.9 Å². The molecular formula is C27H40O4Si. The molecule has 0 spiro atoms. The number of aliphatic hydroxyl groups is 1. The maximum atomic E-state index is 12.0. The molecule has 0 aliphatic heterocycles. The van der Waals surface area contributed by atoms with E-state index in [0.29, 0.717) is 13.0 Å². The molecular weight excluding hydrogens is 416 g/mol. The number of carbonyl (C=O) groups excluding carboxylic acids is 1. The van der Waals surface area contributed by atoms with Crippen molar-refractivity contribution in [2.75, 3.05) is 13.2 Å². The molecule has 2 aromatic rings. The van der Waals surface area contributed by atoms with Gasteiger partial charge in [0, 0.05) is 12.5 Å². The molecule has 0 amide bonds. The molecule has 2 rings (SSSR count). The van der Waals surface area contributed by atoms with Crippen molar-refractivity contribution in [1.82, 2.24) is 0 Å². The first-order chi connectivity index (χ1) is 14.9. The number of esters is 1. The largest absolute Gasteiger partial charge is 0.465 e. The smallest absolute Gasteiger partial charge is 0.311 e. The lowest BCUT2D eigenvalue weighted by atomic mass is 9.97. The van der Waals surface area contributed by atoms with Crippen LogP contribution in [0.15, 0.2) is 60.7 Å². The van der Waals surface area contributed by atoms with Gasteiger partial charge in [0.15, 0.2) is 0 Å². The van der Waals surface area contributed by atoms with Gasteiger partial charge in [-0.1, -0.05) is 88.4 Å². The molecule has 0 heterocycles. The van der Waals surface area contributed by atoms with E-state index in [1.54, 1.807) is 0 Å². The molecule has 0 fully saturated rings. The first kappa shape index (κ1) is 26.3. The van der Waals surface area contributed by atoms with Crippen LogP contribution in [-0.4, -0.2) is 38.7 Å². The Kier molecular flexibility index (Phi) is 8.86. The Morgan fingerprint density at radius 1 is 0.906 bits per heavy atom. The van der Waals surface area contributed by atoms with Gasteiger partial charge in [0.25, 0.3) is 8.32 Å². The van der Waals surface area contributed by atoms with Crippen molar-refractivity contribution >= 4 is 24.7 Å². The Morgan fingerprint density at radius 3 is 1.78 bits per heavy atom. The average Bonchev–Trinajstić information content (AvgIpc) is 2.74. The lowest BCUT2D eigenvalue weighted by molar-refractivity contribution is -0.155. The molecule has 1 N–H and O–H groups in total. The second-order valence-corrected chi connectivity index (χ2v) is 15.0. The molecule has 4 nitrogen and oxygen atoms in total. The summed E-state index contributed by atoms with van der Waals surface area (Å²) < 4.78 is 12.2. The number of hydrogen-bond acceptors (Lipinski definition) is 4. The molecule has 0 unspecified atom stereocenters. The fourth-order valence-electron chi connectivity index (χ4n) is 3.91. The molecule has 5 heteroatoms. The van der Waals surface area contributed by atoms with Crippen molar-refractivity contribution in [2.45, 2.75) is 66.0 Å². The van der Waals surface area contributed by atoms with Crippen molar-refractivity contribution in [1.29, 1.82) is 0 Å². The predicted octanol–water partition coefficient (Wildman–Crippen LogP) is 4.54. The van der Waals surface area contributed by atoms with E-state index in [2.05, 4.69) is 69.3 Å². The van der Waals surface area contributed by atoms with Crippen LogP contribution in [-0.2, 0) is 14.0 Å². The summed E-state index contributed by atoms with van der Waals surface area (Å²) in [6, 6.07) is 21.0. The second kappa shape index (κ2) is 10.8. The van der Waals surface area contributed by atoms with Crippen LogP contribution in [0.2, 0.25) is 5.04 Å². The van der Waals surface area contributed by atoms with Crippen LogP contribution in [0.5, 0.6) is 0 Å². The highest BCUT2D eigenvalue weighted by atomic mass is 28.4. The first-order valence-corrected chi connectivity index (χ1v) is 13.4. The van der Waals surface area contributed by atoms with Crippen LogP contribution in [0.3, 0.4) is 0 Å². The van der Waals surface area contributed by atoms with Gasteiger partial charge in [-0.25, -0.2) is 0 Å². The van der Waals surface area contributed by atoms with Crippen molar-refractivity contribution < 1.29 is 19.1 Å². The summed E-state index contributed by atoms with van der Waals surface area (Å²) in [5, 5.41) is 13.1. The van der Waals surface area contributed by atoms with Crippen molar-refractivity contribution in [2.24, 2.45) is 11.3 Å². The van der Waals surface area contributed by atoms with Gasteiger partial charge >= 0.3 is 5.97 Å². The molecule has 2 atom stereocenters. The fraction of sp³-hybridized carbons (Fsp3) is 0.519. The standard InChI is InChI=1S/C27H40O4Si/c1-21(20-30-25(29)26(2,3)4)24(28)18-19-31-32(27(5,6)7,22-14-10-8-11-15-22)23-16-12-9-13-17-23/h8-17,21,24,28H,18-20H2,1-7H3/t21-,24+/m1/s1. The third kappa shape index (κ3) is 6.30. The summed E-state index contributed by atoms with van der Waals surface area (Å²) in [6.07, 6.45) is -0.125. The first-order valence-electron chi connectivity index (χ1n) is 11.5. The number of aliphatic hydroxyl groups excluding tert-OH is 1. The van der Waals surface area contributed by atoms with E-state index in [1.165, 1.54) is 10.4 Å². The monoisotopic (exact) mass is 456 g/mol. The van der Waals surface area contributed by atoms with Gasteiger partial charge in [-0.05, 0) is 42.6 Å². The number of rotatable bonds is 9. The summed E-state index contributed by atoms with van der Waals surface area (Å²) >= 11 is 0. The zero-order chi connectivity index (χ0) is 24.0. The molecule has 176 valence electrons. The quantitative estimate of drug-likeness (QED) is 0.445. The average molecular weight is 457 g/mol. The molecule has 32 heavy (non-hydrogen) atoms. The Morgan fingerprint density at radius 2 is 1.38 bits per heavy atom. The van der Waals surface area contributed by atoms with E-state index < -0.39 is 19.8 Å². The third-order valence-electron chi connectivity index (χ3n) is 5.90. The van der Waals surface area contributed by atoms with E-state index in [1.807, 2.05) is 39.8 Å². The number of ether oxygens (including phenoxy) is 1.